The topological polar surface area (TPSA) is 118 Å². The van der Waals surface area contributed by atoms with Crippen molar-refractivity contribution in [3.05, 3.63) is 39.9 Å². The van der Waals surface area contributed by atoms with Gasteiger partial charge in [0, 0.05) is 43.7 Å². The maximum atomic E-state index is 14.4. The molecule has 11 heteroatoms. The van der Waals surface area contributed by atoms with Crippen LogP contribution < -0.4 is 4.74 Å². The van der Waals surface area contributed by atoms with Crippen LogP contribution in [0.2, 0.25) is 5.02 Å². The number of carbonyl (C=O) groups excluding carboxylic acids is 2. The maximum Gasteiger partial charge on any atom is 0.310 e. The molecule has 220 valence electrons. The van der Waals surface area contributed by atoms with E-state index in [0.29, 0.717) is 61.9 Å². The van der Waals surface area contributed by atoms with Gasteiger partial charge in [-0.25, -0.2) is 0 Å². The van der Waals surface area contributed by atoms with Crippen molar-refractivity contribution in [2.45, 2.75) is 77.9 Å². The van der Waals surface area contributed by atoms with Gasteiger partial charge in [0.25, 0.3) is 0 Å². The van der Waals surface area contributed by atoms with Crippen LogP contribution in [-0.2, 0) is 34.5 Å². The Morgan fingerprint density at radius 2 is 1.98 bits per heavy atom. The smallest absolute Gasteiger partial charge is 0.310 e. The Bertz CT molecular complexity index is 1400. The summed E-state index contributed by atoms with van der Waals surface area (Å²) >= 11 is 6.74. The highest BCUT2D eigenvalue weighted by atomic mass is 35.5. The van der Waals surface area contributed by atoms with E-state index in [0.717, 1.165) is 42.6 Å². The number of aliphatic carboxylic acids is 1. The number of hydrogen-bond acceptors (Lipinski definition) is 6. The number of likely N-dealkylation sites (tertiary alicyclic amines) is 1. The number of fused-ring (bicyclic) bond motifs is 1. The summed E-state index contributed by atoms with van der Waals surface area (Å²) in [6.45, 7) is 5.18. The monoisotopic (exact) mass is 583 g/mol. The minimum absolute atomic E-state index is 0.0748. The fraction of sp³-hybridized carbons (Fsp3) is 0.633. The zero-order valence-corrected chi connectivity index (χ0v) is 24.7. The van der Waals surface area contributed by atoms with Crippen molar-refractivity contribution in [1.82, 2.24) is 24.6 Å². The summed E-state index contributed by atoms with van der Waals surface area (Å²) in [7, 11) is 1.88. The number of carbonyl (C=O) groups is 3. The number of aromatic nitrogens is 3. The first-order valence-electron chi connectivity index (χ1n) is 14.6. The van der Waals surface area contributed by atoms with Crippen LogP contribution in [0.25, 0.3) is 0 Å². The summed E-state index contributed by atoms with van der Waals surface area (Å²) in [4.78, 5) is 43.7. The SMILES string of the molecule is Cc1nnc(COc2ccc(Cl)c3c2[C@@H](CN2CC4(CC4)CC2=O)N(C(=O)[C@@H]2CCCC[C@]2(C)C(=O)O)CC3)n1C. The van der Waals surface area contributed by atoms with Crippen LogP contribution in [0.1, 0.15) is 80.7 Å². The van der Waals surface area contributed by atoms with E-state index in [4.69, 9.17) is 16.3 Å². The number of carboxylic acids is 1. The number of ether oxygens (including phenoxy) is 1. The average Bonchev–Trinajstić information content (AvgIpc) is 3.52. The lowest BCUT2D eigenvalue weighted by atomic mass is 9.66. The average molecular weight is 584 g/mol. The van der Waals surface area contributed by atoms with Gasteiger partial charge in [-0.05, 0) is 69.1 Å². The van der Waals surface area contributed by atoms with E-state index < -0.39 is 23.3 Å². The lowest BCUT2D eigenvalue weighted by molar-refractivity contribution is -0.162. The van der Waals surface area contributed by atoms with Crippen molar-refractivity contribution >= 4 is 29.4 Å². The van der Waals surface area contributed by atoms with Gasteiger partial charge in [0.2, 0.25) is 11.8 Å². The third-order valence-electron chi connectivity index (χ3n) is 10.1. The second kappa shape index (κ2) is 10.3. The summed E-state index contributed by atoms with van der Waals surface area (Å²) in [5, 5.41) is 19.1. The minimum atomic E-state index is -1.13. The summed E-state index contributed by atoms with van der Waals surface area (Å²) in [6, 6.07) is 3.13. The number of halogens is 1. The fourth-order valence-corrected chi connectivity index (χ4v) is 7.39. The Morgan fingerprint density at radius 3 is 2.63 bits per heavy atom. The van der Waals surface area contributed by atoms with Crippen molar-refractivity contribution in [2.24, 2.45) is 23.8 Å². The number of amides is 2. The lowest BCUT2D eigenvalue weighted by Gasteiger charge is -2.45. The van der Waals surface area contributed by atoms with Gasteiger partial charge in [-0.15, -0.1) is 10.2 Å². The Labute approximate surface area is 245 Å². The number of aryl methyl sites for hydroxylation is 1. The molecule has 2 saturated carbocycles. The third-order valence-corrected chi connectivity index (χ3v) is 10.5. The van der Waals surface area contributed by atoms with E-state index in [1.807, 2.05) is 40.5 Å². The third kappa shape index (κ3) is 4.87. The molecule has 3 fully saturated rings. The molecule has 2 aromatic rings. The molecule has 0 radical (unpaired) electrons. The van der Waals surface area contributed by atoms with Crippen molar-refractivity contribution in [3.8, 4) is 5.75 Å². The molecule has 6 rings (SSSR count). The lowest BCUT2D eigenvalue weighted by Crippen LogP contribution is -2.52. The Kier molecular flexibility index (Phi) is 7.03. The number of hydrogen-bond donors (Lipinski definition) is 1. The van der Waals surface area contributed by atoms with Crippen molar-refractivity contribution in [1.29, 1.82) is 0 Å². The van der Waals surface area contributed by atoms with Crippen molar-refractivity contribution < 1.29 is 24.2 Å². The first kappa shape index (κ1) is 28.0. The quantitative estimate of drug-likeness (QED) is 0.522. The van der Waals surface area contributed by atoms with Crippen LogP contribution >= 0.6 is 11.6 Å². The highest BCUT2D eigenvalue weighted by Gasteiger charge is 2.54. The molecule has 2 amide bonds. The zero-order chi connectivity index (χ0) is 29.1. The van der Waals surface area contributed by atoms with Gasteiger partial charge in [-0.1, -0.05) is 24.4 Å². The van der Waals surface area contributed by atoms with Gasteiger partial charge in [0.05, 0.1) is 17.4 Å². The van der Waals surface area contributed by atoms with Gasteiger partial charge < -0.3 is 24.2 Å². The minimum Gasteiger partial charge on any atom is -0.485 e. The molecule has 1 saturated heterocycles. The van der Waals surface area contributed by atoms with Gasteiger partial charge in [-0.2, -0.15) is 0 Å². The number of benzene rings is 1. The van der Waals surface area contributed by atoms with Crippen LogP contribution in [-0.4, -0.2) is 67.1 Å². The van der Waals surface area contributed by atoms with E-state index in [9.17, 15) is 19.5 Å². The second-order valence-corrected chi connectivity index (χ2v) is 13.1. The molecular formula is C30H38ClN5O5. The predicted molar refractivity (Wildman–Crippen MR) is 150 cm³/mol. The van der Waals surface area contributed by atoms with Crippen molar-refractivity contribution in [3.63, 3.8) is 0 Å². The van der Waals surface area contributed by atoms with Gasteiger partial charge in [-0.3, -0.25) is 14.4 Å². The molecule has 0 bridgehead atoms. The van der Waals surface area contributed by atoms with E-state index in [-0.39, 0.29) is 23.8 Å². The first-order chi connectivity index (χ1) is 19.5. The van der Waals surface area contributed by atoms with Crippen LogP contribution in [0.15, 0.2) is 12.1 Å². The number of nitrogens with zero attached hydrogens (tertiary/aromatic N) is 5. The number of rotatable bonds is 7. The standard InChI is InChI=1S/C30H38ClN5O5/c1-18-32-33-24(34(18)3)16-41-23-8-7-21(31)19-9-13-36(27(38)20-6-4-5-10-29(20,2)28(39)40)22(26(19)23)15-35-17-30(11-12-30)14-25(35)37/h7-8,20,22H,4-6,9-17H2,1-3H3,(H,39,40)/t20-,22+,29-/m0/s1. The van der Waals surface area contributed by atoms with Crippen LogP contribution in [0.3, 0.4) is 0 Å². The second-order valence-electron chi connectivity index (χ2n) is 12.7. The summed E-state index contributed by atoms with van der Waals surface area (Å²) < 4.78 is 8.21. The van der Waals surface area contributed by atoms with Crippen LogP contribution in [0.4, 0.5) is 0 Å². The highest BCUT2D eigenvalue weighted by molar-refractivity contribution is 6.31. The van der Waals surface area contributed by atoms with Gasteiger partial charge >= 0.3 is 5.97 Å². The molecule has 41 heavy (non-hydrogen) atoms. The molecule has 2 aliphatic carbocycles. The van der Waals surface area contributed by atoms with E-state index in [2.05, 4.69) is 10.2 Å². The van der Waals surface area contributed by atoms with Gasteiger partial charge in [0.1, 0.15) is 18.2 Å². The molecule has 3 atom stereocenters. The maximum absolute atomic E-state index is 14.4. The normalized spacial score (nSPS) is 26.8. The first-order valence-corrected chi connectivity index (χ1v) is 15.0. The van der Waals surface area contributed by atoms with Crippen LogP contribution in [0.5, 0.6) is 5.75 Å². The molecular weight excluding hydrogens is 546 g/mol. The molecule has 1 aromatic carbocycles. The summed E-state index contributed by atoms with van der Waals surface area (Å²) in [5.74, 6) is 0.406. The van der Waals surface area contributed by atoms with E-state index >= 15 is 0 Å². The predicted octanol–water partition coefficient (Wildman–Crippen LogP) is 4.08. The molecule has 0 unspecified atom stereocenters. The van der Waals surface area contributed by atoms with Crippen molar-refractivity contribution in [2.75, 3.05) is 19.6 Å². The summed E-state index contributed by atoms with van der Waals surface area (Å²) in [5.41, 5.74) is 0.655. The molecule has 1 N–H and O–H groups in total. The van der Waals surface area contributed by atoms with Gasteiger partial charge in [0.15, 0.2) is 5.82 Å². The largest absolute Gasteiger partial charge is 0.485 e. The molecule has 1 spiro atoms. The van der Waals surface area contributed by atoms with Crippen LogP contribution in [0, 0.1) is 23.7 Å². The van der Waals surface area contributed by atoms with E-state index in [1.165, 1.54) is 0 Å². The summed E-state index contributed by atoms with van der Waals surface area (Å²) in [6.07, 6.45) is 5.78. The Hall–Kier alpha value is -3.14. The zero-order valence-electron chi connectivity index (χ0n) is 24.0. The highest BCUT2D eigenvalue weighted by Crippen LogP contribution is 2.54. The molecule has 2 aliphatic heterocycles. The molecule has 10 nitrogen and oxygen atoms in total. The molecule has 4 aliphatic rings. The number of carboxylic acid groups (broad SMARTS) is 1. The Balaban J connectivity index is 1.38. The molecule has 1 aromatic heterocycles. The van der Waals surface area contributed by atoms with E-state index in [1.54, 1.807) is 6.92 Å². The molecule has 3 heterocycles. The Morgan fingerprint density at radius 1 is 1.20 bits per heavy atom. The fourth-order valence-electron chi connectivity index (χ4n) is 7.13.